The lowest BCUT2D eigenvalue weighted by Gasteiger charge is -2.23. The number of hydrogen-bond acceptors (Lipinski definition) is 3. The van der Waals surface area contributed by atoms with E-state index >= 15 is 0 Å². The van der Waals surface area contributed by atoms with Gasteiger partial charge >= 0.3 is 5.97 Å². The molecule has 1 heterocycles. The van der Waals surface area contributed by atoms with E-state index in [1.807, 2.05) is 24.3 Å². The molecule has 0 spiro atoms. The van der Waals surface area contributed by atoms with Crippen LogP contribution in [0, 0.1) is 0 Å². The van der Waals surface area contributed by atoms with E-state index in [1.165, 1.54) is 0 Å². The quantitative estimate of drug-likeness (QED) is 0.871. The van der Waals surface area contributed by atoms with Crippen molar-refractivity contribution >= 4 is 5.97 Å². The van der Waals surface area contributed by atoms with Crippen molar-refractivity contribution in [3.8, 4) is 5.75 Å². The molecule has 1 fully saturated rings. The van der Waals surface area contributed by atoms with Gasteiger partial charge in [0.15, 0.2) is 0 Å². The van der Waals surface area contributed by atoms with Crippen LogP contribution in [0.15, 0.2) is 24.3 Å². The number of carbonyl (C=O) groups is 1. The number of aryl methyl sites for hydroxylation is 1. The maximum atomic E-state index is 10.5. The fraction of sp³-hybridized carbons (Fsp3) is 0.500. The molecule has 0 aliphatic carbocycles. The highest BCUT2D eigenvalue weighted by molar-refractivity contribution is 5.67. The smallest absolute Gasteiger partial charge is 0.303 e. The summed E-state index contributed by atoms with van der Waals surface area (Å²) >= 11 is 0. The van der Waals surface area contributed by atoms with Gasteiger partial charge in [-0.3, -0.25) is 4.79 Å². The normalized spacial score (nSPS) is 19.4. The van der Waals surface area contributed by atoms with Gasteiger partial charge in [0, 0.05) is 13.0 Å². The minimum atomic E-state index is -0.776. The summed E-state index contributed by atoms with van der Waals surface area (Å²) in [5.41, 5.74) is 0.992. The van der Waals surface area contributed by atoms with E-state index < -0.39 is 5.97 Å². The van der Waals surface area contributed by atoms with Crippen LogP contribution in [0.25, 0.3) is 0 Å². The number of carboxylic acids is 1. The Morgan fingerprint density at radius 3 is 3.11 bits per heavy atom. The molecule has 1 aromatic carbocycles. The first-order chi connectivity index (χ1) is 8.74. The molecule has 4 heteroatoms. The fourth-order valence-electron chi connectivity index (χ4n) is 2.02. The third-order valence-corrected chi connectivity index (χ3v) is 2.95. The van der Waals surface area contributed by atoms with Crippen molar-refractivity contribution in [2.24, 2.45) is 0 Å². The van der Waals surface area contributed by atoms with E-state index in [0.29, 0.717) is 13.0 Å². The van der Waals surface area contributed by atoms with Gasteiger partial charge in [-0.1, -0.05) is 12.1 Å². The Kier molecular flexibility index (Phi) is 4.59. The van der Waals surface area contributed by atoms with Crippen molar-refractivity contribution in [3.63, 3.8) is 0 Å². The minimum Gasteiger partial charge on any atom is -0.488 e. The molecule has 1 unspecified atom stereocenters. The van der Waals surface area contributed by atoms with Gasteiger partial charge in [-0.15, -0.1) is 0 Å². The SMILES string of the molecule is O=C(O)CCc1cccc(OC2CCCOC2)c1. The Morgan fingerprint density at radius 1 is 1.50 bits per heavy atom. The van der Waals surface area contributed by atoms with Crippen LogP contribution in [-0.2, 0) is 16.0 Å². The van der Waals surface area contributed by atoms with Crippen LogP contribution >= 0.6 is 0 Å². The second-order valence-electron chi connectivity index (χ2n) is 4.50. The number of hydrogen-bond donors (Lipinski definition) is 1. The summed E-state index contributed by atoms with van der Waals surface area (Å²) in [5, 5.41) is 8.66. The average Bonchev–Trinajstić information content (AvgIpc) is 2.38. The van der Waals surface area contributed by atoms with Gasteiger partial charge in [0.1, 0.15) is 11.9 Å². The molecular formula is C14H18O4. The molecule has 0 saturated carbocycles. The van der Waals surface area contributed by atoms with E-state index in [0.717, 1.165) is 30.8 Å². The fourth-order valence-corrected chi connectivity index (χ4v) is 2.02. The summed E-state index contributed by atoms with van der Waals surface area (Å²) in [6.45, 7) is 1.46. The summed E-state index contributed by atoms with van der Waals surface area (Å²) in [5.74, 6) is 0.0235. The molecule has 1 aliphatic rings. The van der Waals surface area contributed by atoms with Crippen LogP contribution in [0.4, 0.5) is 0 Å². The van der Waals surface area contributed by atoms with Gasteiger partial charge < -0.3 is 14.6 Å². The Morgan fingerprint density at radius 2 is 2.39 bits per heavy atom. The molecule has 4 nitrogen and oxygen atoms in total. The summed E-state index contributed by atoms with van der Waals surface area (Å²) in [6, 6.07) is 7.64. The molecule has 0 amide bonds. The lowest BCUT2D eigenvalue weighted by Crippen LogP contribution is -2.27. The van der Waals surface area contributed by atoms with Gasteiger partial charge in [0.2, 0.25) is 0 Å². The number of ether oxygens (including phenoxy) is 2. The molecule has 18 heavy (non-hydrogen) atoms. The van der Waals surface area contributed by atoms with Crippen LogP contribution < -0.4 is 4.74 Å². The summed E-state index contributed by atoms with van der Waals surface area (Å²) in [7, 11) is 0. The zero-order chi connectivity index (χ0) is 12.8. The highest BCUT2D eigenvalue weighted by Gasteiger charge is 2.15. The molecule has 1 aliphatic heterocycles. The molecule has 0 radical (unpaired) electrons. The molecule has 0 aromatic heterocycles. The number of carboxylic acid groups (broad SMARTS) is 1. The van der Waals surface area contributed by atoms with Crippen molar-refractivity contribution in [3.05, 3.63) is 29.8 Å². The molecule has 1 aromatic rings. The van der Waals surface area contributed by atoms with E-state index in [1.54, 1.807) is 0 Å². The second kappa shape index (κ2) is 6.40. The van der Waals surface area contributed by atoms with E-state index in [-0.39, 0.29) is 12.5 Å². The topological polar surface area (TPSA) is 55.8 Å². The van der Waals surface area contributed by atoms with Crippen LogP contribution in [0.1, 0.15) is 24.8 Å². The highest BCUT2D eigenvalue weighted by Crippen LogP contribution is 2.19. The van der Waals surface area contributed by atoms with Gasteiger partial charge in [-0.2, -0.15) is 0 Å². The summed E-state index contributed by atoms with van der Waals surface area (Å²) in [6.07, 6.45) is 2.85. The standard InChI is InChI=1S/C14H18O4/c15-14(16)7-6-11-3-1-4-12(9-11)18-13-5-2-8-17-10-13/h1,3-4,9,13H,2,5-8,10H2,(H,15,16). The lowest BCUT2D eigenvalue weighted by molar-refractivity contribution is -0.136. The molecule has 1 N–H and O–H groups in total. The van der Waals surface area contributed by atoms with E-state index in [4.69, 9.17) is 14.6 Å². The molecule has 1 saturated heterocycles. The van der Waals surface area contributed by atoms with Crippen molar-refractivity contribution in [2.45, 2.75) is 31.8 Å². The van der Waals surface area contributed by atoms with Crippen LogP contribution in [0.2, 0.25) is 0 Å². The Hall–Kier alpha value is -1.55. The van der Waals surface area contributed by atoms with Crippen molar-refractivity contribution < 1.29 is 19.4 Å². The van der Waals surface area contributed by atoms with Crippen LogP contribution in [0.5, 0.6) is 5.75 Å². The summed E-state index contributed by atoms with van der Waals surface area (Å²) in [4.78, 5) is 10.5. The first kappa shape index (κ1) is 12.9. The van der Waals surface area contributed by atoms with Crippen molar-refractivity contribution in [2.75, 3.05) is 13.2 Å². The zero-order valence-electron chi connectivity index (χ0n) is 10.3. The van der Waals surface area contributed by atoms with Gasteiger partial charge in [0.05, 0.1) is 6.61 Å². The zero-order valence-corrected chi connectivity index (χ0v) is 10.3. The number of benzene rings is 1. The van der Waals surface area contributed by atoms with Gasteiger partial charge in [-0.05, 0) is 37.0 Å². The molecule has 1 atom stereocenters. The highest BCUT2D eigenvalue weighted by atomic mass is 16.5. The average molecular weight is 250 g/mol. The Bertz CT molecular complexity index is 397. The third kappa shape index (κ3) is 4.04. The number of aliphatic carboxylic acids is 1. The van der Waals surface area contributed by atoms with Gasteiger partial charge in [-0.25, -0.2) is 0 Å². The maximum absolute atomic E-state index is 10.5. The first-order valence-electron chi connectivity index (χ1n) is 6.29. The molecular weight excluding hydrogens is 232 g/mol. The third-order valence-electron chi connectivity index (χ3n) is 2.95. The second-order valence-corrected chi connectivity index (χ2v) is 4.50. The Balaban J connectivity index is 1.91. The molecule has 2 rings (SSSR count). The summed E-state index contributed by atoms with van der Waals surface area (Å²) < 4.78 is 11.2. The predicted octanol–water partition coefficient (Wildman–Crippen LogP) is 2.26. The van der Waals surface area contributed by atoms with Crippen molar-refractivity contribution in [1.82, 2.24) is 0 Å². The predicted molar refractivity (Wildman–Crippen MR) is 66.9 cm³/mol. The Labute approximate surface area is 107 Å². The van der Waals surface area contributed by atoms with Gasteiger partial charge in [0.25, 0.3) is 0 Å². The van der Waals surface area contributed by atoms with Crippen molar-refractivity contribution in [1.29, 1.82) is 0 Å². The van der Waals surface area contributed by atoms with E-state index in [9.17, 15) is 4.79 Å². The minimum absolute atomic E-state index is 0.119. The van der Waals surface area contributed by atoms with E-state index in [2.05, 4.69) is 0 Å². The number of rotatable bonds is 5. The van der Waals surface area contributed by atoms with Crippen LogP contribution in [-0.4, -0.2) is 30.4 Å². The van der Waals surface area contributed by atoms with Crippen LogP contribution in [0.3, 0.4) is 0 Å². The molecule has 0 bridgehead atoms. The first-order valence-corrected chi connectivity index (χ1v) is 6.29. The largest absolute Gasteiger partial charge is 0.488 e. The molecule has 98 valence electrons. The lowest BCUT2D eigenvalue weighted by atomic mass is 10.1. The maximum Gasteiger partial charge on any atom is 0.303 e. The monoisotopic (exact) mass is 250 g/mol.